The first-order chi connectivity index (χ1) is 42.0. The number of aromatic nitrogens is 5. The Hall–Kier alpha value is -8.41. The van der Waals surface area contributed by atoms with E-state index in [1.807, 2.05) is 36.4 Å². The molecule has 0 saturated heterocycles. The zero-order valence-electron chi connectivity index (χ0n) is 58.1. The third kappa shape index (κ3) is 5.75. The van der Waals surface area contributed by atoms with Crippen LogP contribution in [0.25, 0.3) is 111 Å². The van der Waals surface area contributed by atoms with Gasteiger partial charge in [-0.15, -0.1) is 0 Å². The van der Waals surface area contributed by atoms with E-state index in [1.165, 1.54) is 0 Å². The molecule has 0 atom stereocenters. The zero-order chi connectivity index (χ0) is 64.1. The van der Waals surface area contributed by atoms with Crippen molar-refractivity contribution in [2.45, 2.75) is 19.3 Å². The minimum Gasteiger partial charge on any atom is -0.278 e. The van der Waals surface area contributed by atoms with Crippen LogP contribution >= 0.6 is 0 Å². The molecule has 1 aliphatic carbocycles. The molecule has 0 radical (unpaired) electrons. The van der Waals surface area contributed by atoms with Crippen molar-refractivity contribution in [1.29, 1.82) is 0 Å². The van der Waals surface area contributed by atoms with Gasteiger partial charge in [0.1, 0.15) is 0 Å². The first-order valence-electron chi connectivity index (χ1n) is 32.3. The van der Waals surface area contributed by atoms with Gasteiger partial charge >= 0.3 is 0 Å². The van der Waals surface area contributed by atoms with E-state index in [4.69, 9.17) is 34.1 Å². The maximum Gasteiger partial charge on any atom is 0.240 e. The Morgan fingerprint density at radius 2 is 0.862 bits per heavy atom. The standard InChI is InChI=1S/C60H41N5/c1-60(2)51-26-14-11-22-44(51)45-32-31-42(35-52(45)60)43-21-9-10-25-50(43)57-61-58(64-53-27-15-12-23-46(53)48-33-29-40(36-55(48)64)38-17-5-3-6-18-38)63-59(62-57)65-54-28-16-13-24-47(54)49-34-30-41(37-56(49)65)39-19-7-4-8-20-39/h3-37H,1-2H3/i3D,4D,5D,6D,7D,8D,12D,13D,15D,16D,17D,18D,19D,20D,23D,24D,27D,28D,29D,30D,33D,34D,36D,37D. The molecule has 5 heteroatoms. The molecule has 65 heavy (non-hydrogen) atoms. The molecule has 3 heterocycles. The van der Waals surface area contributed by atoms with E-state index in [0.29, 0.717) is 11.1 Å². The Balaban J connectivity index is 1.25. The molecular weight excluding hydrogens is 791 g/mol. The van der Waals surface area contributed by atoms with Gasteiger partial charge in [-0.3, -0.25) is 9.13 Å². The van der Waals surface area contributed by atoms with Crippen LogP contribution in [-0.4, -0.2) is 24.1 Å². The Kier molecular flexibility index (Phi) is 4.49. The SMILES string of the molecule is [2H]c1c([2H])c([2H])c(-c2c([2H])c([2H])c3c4c([2H])c([2H])c([2H])c([2H])c4n(-c4nc(-c5ccccc5-c5ccc6c(c5)C(C)(C)c5ccccc5-6)nc(-n5c6c([2H])c([2H])c([2H])c([2H])c6c6c([2H])c([2H])c(-c7c([2H])c([2H])c([2H])c([2H])c7[2H])c([2H])c65)n4)c3c2[2H])c([2H])c1[2H]. The van der Waals surface area contributed by atoms with Crippen molar-refractivity contribution in [3.05, 3.63) is 223 Å². The van der Waals surface area contributed by atoms with E-state index in [-0.39, 0.29) is 11.4 Å². The predicted molar refractivity (Wildman–Crippen MR) is 268 cm³/mol. The Morgan fingerprint density at radius 1 is 0.385 bits per heavy atom. The third-order valence-corrected chi connectivity index (χ3v) is 11.9. The van der Waals surface area contributed by atoms with Crippen molar-refractivity contribution in [2.24, 2.45) is 0 Å². The summed E-state index contributed by atoms with van der Waals surface area (Å²) in [5.41, 5.74) is -0.0294. The monoisotopic (exact) mass is 855 g/mol. The Morgan fingerprint density at radius 3 is 1.45 bits per heavy atom. The van der Waals surface area contributed by atoms with Crippen LogP contribution in [0.3, 0.4) is 0 Å². The highest BCUT2D eigenvalue weighted by Gasteiger charge is 2.35. The first kappa shape index (κ1) is 20.4. The van der Waals surface area contributed by atoms with Gasteiger partial charge in [0.25, 0.3) is 0 Å². The van der Waals surface area contributed by atoms with Crippen molar-refractivity contribution < 1.29 is 32.9 Å². The molecule has 0 amide bonds. The van der Waals surface area contributed by atoms with Crippen molar-refractivity contribution >= 4 is 43.6 Å². The van der Waals surface area contributed by atoms with Crippen molar-refractivity contribution in [3.8, 4) is 67.8 Å². The second-order valence-electron chi connectivity index (χ2n) is 15.8. The van der Waals surface area contributed by atoms with Crippen LogP contribution in [0.1, 0.15) is 57.9 Å². The van der Waals surface area contributed by atoms with Crippen LogP contribution in [0.2, 0.25) is 0 Å². The van der Waals surface area contributed by atoms with Crippen LogP contribution in [-0.2, 0) is 5.41 Å². The summed E-state index contributed by atoms with van der Waals surface area (Å²) in [7, 11) is 0. The number of hydrogen-bond acceptors (Lipinski definition) is 3. The quantitative estimate of drug-likeness (QED) is 0.167. The van der Waals surface area contributed by atoms with Crippen molar-refractivity contribution in [2.75, 3.05) is 0 Å². The number of benzene rings is 9. The summed E-state index contributed by atoms with van der Waals surface area (Å²) in [4.78, 5) is 15.0. The highest BCUT2D eigenvalue weighted by molar-refractivity contribution is 6.11. The van der Waals surface area contributed by atoms with E-state index in [2.05, 4.69) is 19.9 Å². The fourth-order valence-electron chi connectivity index (χ4n) is 8.90. The molecule has 0 spiro atoms. The predicted octanol–water partition coefficient (Wildman–Crippen LogP) is 15.0. The van der Waals surface area contributed by atoms with Crippen LogP contribution < -0.4 is 0 Å². The Labute approximate surface area is 410 Å². The van der Waals surface area contributed by atoms with Gasteiger partial charge in [-0.05, 0) is 85.9 Å². The smallest absolute Gasteiger partial charge is 0.240 e. The molecule has 0 unspecified atom stereocenters. The topological polar surface area (TPSA) is 48.5 Å². The molecule has 9 aromatic carbocycles. The molecule has 0 aliphatic heterocycles. The van der Waals surface area contributed by atoms with Crippen molar-refractivity contribution in [1.82, 2.24) is 24.1 Å². The fraction of sp³-hybridized carbons (Fsp3) is 0.0500. The van der Waals surface area contributed by atoms with E-state index < -0.39 is 228 Å². The highest BCUT2D eigenvalue weighted by atomic mass is 15.3. The summed E-state index contributed by atoms with van der Waals surface area (Å²) < 4.78 is 221. The maximum atomic E-state index is 10.1. The normalized spacial score (nSPS) is 18.1. The molecule has 0 saturated carbocycles. The Bertz CT molecular complexity index is 5000. The first-order valence-corrected chi connectivity index (χ1v) is 20.3. The number of rotatable bonds is 6. The minimum absolute atomic E-state index is 0.206. The summed E-state index contributed by atoms with van der Waals surface area (Å²) in [5.74, 6) is -1.66. The van der Waals surface area contributed by atoms with Gasteiger partial charge in [-0.25, -0.2) is 0 Å². The lowest BCUT2D eigenvalue weighted by Crippen LogP contribution is -2.15. The zero-order valence-corrected chi connectivity index (χ0v) is 34.1. The lowest BCUT2D eigenvalue weighted by molar-refractivity contribution is 0.660. The van der Waals surface area contributed by atoms with E-state index in [0.717, 1.165) is 31.4 Å². The van der Waals surface area contributed by atoms with Gasteiger partial charge in [0.15, 0.2) is 5.82 Å². The van der Waals surface area contributed by atoms with Crippen LogP contribution in [0.15, 0.2) is 212 Å². The molecular formula is C60H41N5. The average molecular weight is 856 g/mol. The second-order valence-corrected chi connectivity index (χ2v) is 15.8. The molecule has 306 valence electrons. The van der Waals surface area contributed by atoms with Crippen LogP contribution in [0.4, 0.5) is 0 Å². The number of hydrogen-bond donors (Lipinski definition) is 0. The summed E-state index contributed by atoms with van der Waals surface area (Å²) in [5, 5.41) is -1.82. The number of para-hydroxylation sites is 2. The molecule has 12 aromatic rings. The third-order valence-electron chi connectivity index (χ3n) is 11.9. The van der Waals surface area contributed by atoms with E-state index in [9.17, 15) is 13.7 Å². The molecule has 0 bridgehead atoms. The van der Waals surface area contributed by atoms with E-state index in [1.54, 1.807) is 24.3 Å². The molecule has 5 nitrogen and oxygen atoms in total. The summed E-state index contributed by atoms with van der Waals surface area (Å²) >= 11 is 0. The fourth-order valence-corrected chi connectivity index (χ4v) is 8.90. The summed E-state index contributed by atoms with van der Waals surface area (Å²) in [6.07, 6.45) is 0. The van der Waals surface area contributed by atoms with Crippen LogP contribution in [0, 0.1) is 0 Å². The van der Waals surface area contributed by atoms with Gasteiger partial charge in [-0.1, -0.05) is 195 Å². The molecule has 3 aromatic heterocycles. The lowest BCUT2D eigenvalue weighted by atomic mass is 9.81. The maximum absolute atomic E-state index is 10.1. The van der Waals surface area contributed by atoms with Crippen LogP contribution in [0.5, 0.6) is 0 Å². The average Bonchev–Trinajstić information content (AvgIpc) is 1.59. The van der Waals surface area contributed by atoms with E-state index >= 15 is 0 Å². The largest absolute Gasteiger partial charge is 0.278 e. The van der Waals surface area contributed by atoms with Gasteiger partial charge in [0.05, 0.1) is 55.0 Å². The summed E-state index contributed by atoms with van der Waals surface area (Å²) in [6, 6.07) is 0.653. The highest BCUT2D eigenvalue weighted by Crippen LogP contribution is 2.50. The lowest BCUT2D eigenvalue weighted by Gasteiger charge is -2.22. The van der Waals surface area contributed by atoms with Gasteiger partial charge in [0, 0.05) is 32.5 Å². The number of nitrogens with zero attached hydrogens (tertiary/aromatic N) is 5. The molecule has 0 N–H and O–H groups in total. The van der Waals surface area contributed by atoms with Gasteiger partial charge in [-0.2, -0.15) is 15.0 Å². The second kappa shape index (κ2) is 14.3. The van der Waals surface area contributed by atoms with Crippen molar-refractivity contribution in [3.63, 3.8) is 0 Å². The molecule has 1 aliphatic rings. The van der Waals surface area contributed by atoms with Gasteiger partial charge < -0.3 is 0 Å². The minimum atomic E-state index is -0.865. The van der Waals surface area contributed by atoms with Gasteiger partial charge in [0.2, 0.25) is 11.9 Å². The summed E-state index contributed by atoms with van der Waals surface area (Å²) in [6.45, 7) is 4.18. The molecule has 13 rings (SSSR count). The molecule has 0 fully saturated rings. The number of fused-ring (bicyclic) bond motifs is 9.